The summed E-state index contributed by atoms with van der Waals surface area (Å²) in [7, 11) is 1.46. The molecule has 0 amide bonds. The predicted molar refractivity (Wildman–Crippen MR) is 97.0 cm³/mol. The number of hydrogen-bond donors (Lipinski definition) is 1. The number of benzene rings is 2. The summed E-state index contributed by atoms with van der Waals surface area (Å²) >= 11 is 0. The highest BCUT2D eigenvalue weighted by Crippen LogP contribution is 2.36. The normalized spacial score (nSPS) is 12.1. The standard InChI is InChI=1S/C20H21F2NO4/c1-3-27-18(25)13-17(24)20(21,22)19(23-15-7-5-4-6-8-15)14-9-11-16(26-2)12-10-14/h4-12,19,23H,3,13H2,1-2H3. The van der Waals surface area contributed by atoms with Crippen molar-refractivity contribution in [2.24, 2.45) is 0 Å². The summed E-state index contributed by atoms with van der Waals surface area (Å²) in [5.41, 5.74) is 0.601. The van der Waals surface area contributed by atoms with Crippen LogP contribution in [-0.4, -0.2) is 31.4 Å². The lowest BCUT2D eigenvalue weighted by molar-refractivity contribution is -0.155. The van der Waals surface area contributed by atoms with Crippen LogP contribution in [0.5, 0.6) is 5.75 Å². The first-order valence-electron chi connectivity index (χ1n) is 8.40. The minimum atomic E-state index is -3.84. The number of anilines is 1. The first kappa shape index (κ1) is 20.4. The third-order valence-electron chi connectivity index (χ3n) is 3.88. The molecule has 1 atom stereocenters. The number of Topliss-reactive ketones (excluding diaryl/α,β-unsaturated/α-hetero) is 1. The van der Waals surface area contributed by atoms with Crippen molar-refractivity contribution in [3.63, 3.8) is 0 Å². The van der Waals surface area contributed by atoms with E-state index < -0.39 is 30.1 Å². The molecule has 144 valence electrons. The van der Waals surface area contributed by atoms with Gasteiger partial charge in [-0.05, 0) is 36.8 Å². The van der Waals surface area contributed by atoms with Gasteiger partial charge in [0, 0.05) is 5.69 Å². The Morgan fingerprint density at radius 1 is 1.07 bits per heavy atom. The molecule has 0 radical (unpaired) electrons. The van der Waals surface area contributed by atoms with Gasteiger partial charge in [-0.2, -0.15) is 8.78 Å². The van der Waals surface area contributed by atoms with Crippen molar-refractivity contribution < 1.29 is 27.8 Å². The van der Waals surface area contributed by atoms with Gasteiger partial charge in [0.1, 0.15) is 18.2 Å². The van der Waals surface area contributed by atoms with Gasteiger partial charge < -0.3 is 14.8 Å². The largest absolute Gasteiger partial charge is 0.497 e. The van der Waals surface area contributed by atoms with Gasteiger partial charge >= 0.3 is 11.9 Å². The van der Waals surface area contributed by atoms with Crippen molar-refractivity contribution in [2.45, 2.75) is 25.3 Å². The van der Waals surface area contributed by atoms with Gasteiger partial charge in [0.2, 0.25) is 5.78 Å². The predicted octanol–water partition coefficient (Wildman–Crippen LogP) is 4.01. The summed E-state index contributed by atoms with van der Waals surface area (Å²) in [6, 6.07) is 12.6. The Morgan fingerprint density at radius 3 is 2.26 bits per heavy atom. The Kier molecular flexibility index (Phi) is 6.87. The van der Waals surface area contributed by atoms with Crippen molar-refractivity contribution in [1.29, 1.82) is 0 Å². The number of para-hydroxylation sites is 1. The van der Waals surface area contributed by atoms with Crippen LogP contribution in [0.25, 0.3) is 0 Å². The van der Waals surface area contributed by atoms with E-state index in [-0.39, 0.29) is 12.2 Å². The Labute approximate surface area is 156 Å². The number of methoxy groups -OCH3 is 1. The van der Waals surface area contributed by atoms with Gasteiger partial charge in [-0.15, -0.1) is 0 Å². The zero-order chi connectivity index (χ0) is 19.9. The van der Waals surface area contributed by atoms with Crippen molar-refractivity contribution in [2.75, 3.05) is 19.0 Å². The number of ketones is 1. The van der Waals surface area contributed by atoms with Crippen LogP contribution < -0.4 is 10.1 Å². The minimum Gasteiger partial charge on any atom is -0.497 e. The summed E-state index contributed by atoms with van der Waals surface area (Å²) in [4.78, 5) is 23.7. The smallest absolute Gasteiger partial charge is 0.329 e. The number of carbonyl (C=O) groups is 2. The zero-order valence-electron chi connectivity index (χ0n) is 15.1. The van der Waals surface area contributed by atoms with E-state index in [4.69, 9.17) is 4.74 Å². The van der Waals surface area contributed by atoms with Gasteiger partial charge in [0.15, 0.2) is 0 Å². The number of carbonyl (C=O) groups excluding carboxylic acids is 2. The average molecular weight is 377 g/mol. The van der Waals surface area contributed by atoms with E-state index in [0.29, 0.717) is 11.4 Å². The van der Waals surface area contributed by atoms with Crippen LogP contribution in [0.1, 0.15) is 24.9 Å². The topological polar surface area (TPSA) is 64.6 Å². The lowest BCUT2D eigenvalue weighted by Crippen LogP contribution is -2.41. The van der Waals surface area contributed by atoms with Crippen LogP contribution in [0, 0.1) is 0 Å². The van der Waals surface area contributed by atoms with Crippen LogP contribution in [0.15, 0.2) is 54.6 Å². The van der Waals surface area contributed by atoms with Crippen LogP contribution in [0.3, 0.4) is 0 Å². The third kappa shape index (κ3) is 5.26. The van der Waals surface area contributed by atoms with Crippen molar-refractivity contribution >= 4 is 17.4 Å². The first-order chi connectivity index (χ1) is 12.9. The van der Waals surface area contributed by atoms with Crippen LogP contribution >= 0.6 is 0 Å². The van der Waals surface area contributed by atoms with Crippen molar-refractivity contribution in [3.05, 3.63) is 60.2 Å². The zero-order valence-corrected chi connectivity index (χ0v) is 15.1. The molecular formula is C20H21F2NO4. The maximum atomic E-state index is 15.0. The van der Waals surface area contributed by atoms with Crippen LogP contribution in [-0.2, 0) is 14.3 Å². The summed E-state index contributed by atoms with van der Waals surface area (Å²) in [5.74, 6) is -5.82. The SMILES string of the molecule is CCOC(=O)CC(=O)C(F)(F)C(Nc1ccccc1)c1ccc(OC)cc1. The van der Waals surface area contributed by atoms with Gasteiger partial charge in [-0.1, -0.05) is 30.3 Å². The van der Waals surface area contributed by atoms with Crippen LogP contribution in [0.2, 0.25) is 0 Å². The highest BCUT2D eigenvalue weighted by atomic mass is 19.3. The second-order valence-corrected chi connectivity index (χ2v) is 5.74. The number of hydrogen-bond acceptors (Lipinski definition) is 5. The summed E-state index contributed by atoms with van der Waals surface area (Å²) in [6.45, 7) is 1.56. The second kappa shape index (κ2) is 9.12. The molecule has 0 heterocycles. The monoisotopic (exact) mass is 377 g/mol. The molecule has 2 aromatic rings. The molecule has 0 aliphatic heterocycles. The fraction of sp³-hybridized carbons (Fsp3) is 0.300. The second-order valence-electron chi connectivity index (χ2n) is 5.74. The molecule has 27 heavy (non-hydrogen) atoms. The summed E-state index contributed by atoms with van der Waals surface area (Å²) < 4.78 is 39.6. The minimum absolute atomic E-state index is 0.0157. The molecule has 0 bridgehead atoms. The lowest BCUT2D eigenvalue weighted by Gasteiger charge is -2.28. The molecule has 2 aromatic carbocycles. The molecule has 5 nitrogen and oxygen atoms in total. The summed E-state index contributed by atoms with van der Waals surface area (Å²) in [6.07, 6.45) is -0.996. The molecule has 0 saturated heterocycles. The molecule has 7 heteroatoms. The highest BCUT2D eigenvalue weighted by molar-refractivity contribution is 6.00. The Hall–Kier alpha value is -2.96. The van der Waals surface area contributed by atoms with E-state index >= 15 is 0 Å². The molecule has 0 saturated carbocycles. The quantitative estimate of drug-likeness (QED) is 0.528. The average Bonchev–Trinajstić information content (AvgIpc) is 2.67. The molecule has 0 aliphatic rings. The highest BCUT2D eigenvalue weighted by Gasteiger charge is 2.48. The first-order valence-corrected chi connectivity index (χ1v) is 8.40. The number of esters is 1. The Morgan fingerprint density at radius 2 is 1.70 bits per heavy atom. The maximum absolute atomic E-state index is 15.0. The number of halogens is 2. The molecule has 0 aliphatic carbocycles. The van der Waals surface area contributed by atoms with Crippen LogP contribution in [0.4, 0.5) is 14.5 Å². The summed E-state index contributed by atoms with van der Waals surface area (Å²) in [5, 5.41) is 2.70. The number of ether oxygens (including phenoxy) is 2. The maximum Gasteiger partial charge on any atom is 0.329 e. The fourth-order valence-electron chi connectivity index (χ4n) is 2.50. The van der Waals surface area contributed by atoms with Gasteiger partial charge in [0.05, 0.1) is 13.7 Å². The van der Waals surface area contributed by atoms with E-state index in [1.807, 2.05) is 0 Å². The number of alkyl halides is 2. The molecule has 0 spiro atoms. The Bertz CT molecular complexity index is 763. The fourth-order valence-corrected chi connectivity index (χ4v) is 2.50. The van der Waals surface area contributed by atoms with Gasteiger partial charge in [-0.3, -0.25) is 9.59 Å². The number of rotatable bonds is 9. The molecule has 1 N–H and O–H groups in total. The van der Waals surface area contributed by atoms with Crippen molar-refractivity contribution in [3.8, 4) is 5.75 Å². The molecule has 0 aromatic heterocycles. The third-order valence-corrected chi connectivity index (χ3v) is 3.88. The van der Waals surface area contributed by atoms with E-state index in [2.05, 4.69) is 10.1 Å². The van der Waals surface area contributed by atoms with Crippen molar-refractivity contribution in [1.82, 2.24) is 0 Å². The van der Waals surface area contributed by atoms with E-state index in [9.17, 15) is 18.4 Å². The van der Waals surface area contributed by atoms with Gasteiger partial charge in [-0.25, -0.2) is 0 Å². The van der Waals surface area contributed by atoms with E-state index in [0.717, 1.165) is 0 Å². The van der Waals surface area contributed by atoms with E-state index in [1.165, 1.54) is 38.3 Å². The van der Waals surface area contributed by atoms with E-state index in [1.54, 1.807) is 30.3 Å². The molecule has 1 unspecified atom stereocenters. The van der Waals surface area contributed by atoms with Gasteiger partial charge in [0.25, 0.3) is 0 Å². The molecule has 0 fully saturated rings. The Balaban J connectivity index is 2.34. The lowest BCUT2D eigenvalue weighted by atomic mass is 9.95. The molecular weight excluding hydrogens is 356 g/mol. The number of nitrogens with one attached hydrogen (secondary N) is 1. The molecule has 2 rings (SSSR count).